The highest BCUT2D eigenvalue weighted by molar-refractivity contribution is 8.00. The lowest BCUT2D eigenvalue weighted by Gasteiger charge is -2.56. The average Bonchev–Trinajstić information content (AvgIpc) is 4.00. The zero-order chi connectivity index (χ0) is 48.2. The number of sulfonamides is 1. The lowest BCUT2D eigenvalue weighted by Crippen LogP contribution is -2.54. The third kappa shape index (κ3) is 9.58. The molecule has 366 valence electrons. The molecule has 2 saturated carbocycles. The number of pyridine rings is 1. The Morgan fingerprint density at radius 1 is 1.01 bits per heavy atom. The molecule has 2 saturated heterocycles. The number of aliphatic hydroxyl groups excluding tert-OH is 1. The number of hydrogen-bond donors (Lipinski definition) is 3. The van der Waals surface area contributed by atoms with Crippen LogP contribution in [0.4, 0.5) is 20.2 Å². The van der Waals surface area contributed by atoms with Crippen molar-refractivity contribution in [2.45, 2.75) is 124 Å². The minimum Gasteiger partial charge on any atom is -0.491 e. The van der Waals surface area contributed by atoms with Gasteiger partial charge in [0, 0.05) is 65.9 Å². The molecule has 4 fully saturated rings. The number of anilines is 1. The number of benzene rings is 3. The van der Waals surface area contributed by atoms with Crippen molar-refractivity contribution < 1.29 is 46.2 Å². The van der Waals surface area contributed by atoms with Crippen molar-refractivity contribution >= 4 is 50.1 Å². The molecule has 2 aliphatic carbocycles. The van der Waals surface area contributed by atoms with Crippen molar-refractivity contribution in [3.8, 4) is 23.1 Å². The number of alkyl halides is 2. The van der Waals surface area contributed by atoms with Gasteiger partial charge >= 0.3 is 6.61 Å². The molecular weight excluding hydrogens is 931 g/mol. The van der Waals surface area contributed by atoms with Gasteiger partial charge in [-0.05, 0) is 123 Å². The van der Waals surface area contributed by atoms with Gasteiger partial charge in [-0.2, -0.15) is 13.8 Å². The van der Waals surface area contributed by atoms with E-state index in [4.69, 9.17) is 14.2 Å². The molecule has 0 bridgehead atoms. The Bertz CT molecular complexity index is 2860. The predicted molar refractivity (Wildman–Crippen MR) is 256 cm³/mol. The number of nitro groups is 1. The molecule has 15 nitrogen and oxygen atoms in total. The van der Waals surface area contributed by atoms with E-state index in [1.165, 1.54) is 47.5 Å². The van der Waals surface area contributed by atoms with Gasteiger partial charge < -0.3 is 29.2 Å². The molecule has 10 rings (SSSR count). The fraction of sp³-hybridized carbons (Fsp3) is 0.480. The largest absolute Gasteiger partial charge is 0.491 e. The predicted octanol–water partition coefficient (Wildman–Crippen LogP) is 10.1. The number of nitrogens with zero attached hydrogens (tertiary/aromatic N) is 4. The smallest absolute Gasteiger partial charge is 0.388 e. The van der Waals surface area contributed by atoms with E-state index in [1.807, 2.05) is 0 Å². The fourth-order valence-corrected chi connectivity index (χ4v) is 13.8. The zero-order valence-electron chi connectivity index (χ0n) is 38.4. The van der Waals surface area contributed by atoms with Crippen LogP contribution in [0.2, 0.25) is 0 Å². The summed E-state index contributed by atoms with van der Waals surface area (Å²) in [6.45, 7) is 3.96. The number of H-pyrrole nitrogens is 1. The maximum atomic E-state index is 14.2. The van der Waals surface area contributed by atoms with Gasteiger partial charge in [-0.15, -0.1) is 11.8 Å². The fourth-order valence-electron chi connectivity index (χ4n) is 11.4. The number of aromatic nitrogens is 2. The van der Waals surface area contributed by atoms with E-state index in [0.717, 1.165) is 57.6 Å². The first-order chi connectivity index (χ1) is 33.1. The molecule has 5 aromatic rings. The van der Waals surface area contributed by atoms with Crippen molar-refractivity contribution in [3.05, 3.63) is 99.7 Å². The summed E-state index contributed by atoms with van der Waals surface area (Å²) in [6.07, 6.45) is 10.4. The first kappa shape index (κ1) is 47.2. The average molecular weight is 987 g/mol. The Morgan fingerprint density at radius 2 is 1.78 bits per heavy atom. The second kappa shape index (κ2) is 19.0. The molecule has 1 amide bonds. The first-order valence-corrected chi connectivity index (χ1v) is 26.2. The van der Waals surface area contributed by atoms with Crippen LogP contribution in [0.5, 0.6) is 23.1 Å². The molecule has 3 aromatic carbocycles. The van der Waals surface area contributed by atoms with E-state index < -0.39 is 43.9 Å². The van der Waals surface area contributed by atoms with Crippen LogP contribution in [0.25, 0.3) is 11.0 Å². The SMILES string of the molecule is CC(C)c1ccccc1[C@@H]1CCCN1C1CC2(CCN(c3ccc(C(=O)NS(=O)(=O)c4cc5c(c([N+](=O)[O-])c4)S[C@@H]([C@H]4CC[C@H](O)CC4)CO5)c(Oc4cc5cc[nH]c5nc4OC(F)F)c3)CC2)C1. The van der Waals surface area contributed by atoms with Crippen LogP contribution in [0, 0.1) is 21.4 Å². The van der Waals surface area contributed by atoms with Crippen LogP contribution in [-0.4, -0.2) is 89.5 Å². The number of carbonyl (C=O) groups excluding carboxylic acids is 1. The van der Waals surface area contributed by atoms with Crippen LogP contribution in [0.3, 0.4) is 0 Å². The molecule has 2 atom stereocenters. The topological polar surface area (TPSA) is 189 Å². The van der Waals surface area contributed by atoms with E-state index in [0.29, 0.717) is 55.0 Å². The Balaban J connectivity index is 0.891. The summed E-state index contributed by atoms with van der Waals surface area (Å²) in [5.41, 5.74) is 3.27. The highest BCUT2D eigenvalue weighted by Crippen LogP contribution is 2.55. The maximum Gasteiger partial charge on any atom is 0.388 e. The van der Waals surface area contributed by atoms with E-state index in [2.05, 4.69) is 62.6 Å². The summed E-state index contributed by atoms with van der Waals surface area (Å²) in [4.78, 5) is 37.5. The highest BCUT2D eigenvalue weighted by Gasteiger charge is 2.50. The summed E-state index contributed by atoms with van der Waals surface area (Å²) >= 11 is 1.26. The number of nitro benzene ring substituents is 1. The van der Waals surface area contributed by atoms with Gasteiger partial charge in [0.2, 0.25) is 0 Å². The Hall–Kier alpha value is -5.50. The van der Waals surface area contributed by atoms with E-state index in [-0.39, 0.29) is 62.6 Å². The van der Waals surface area contributed by atoms with Gasteiger partial charge in [-0.1, -0.05) is 38.1 Å². The number of likely N-dealkylation sites (tertiary alicyclic amines) is 1. The number of aromatic amines is 1. The Labute approximate surface area is 403 Å². The van der Waals surface area contributed by atoms with Crippen molar-refractivity contribution in [2.75, 3.05) is 31.1 Å². The van der Waals surface area contributed by atoms with Crippen LogP contribution in [-0.2, 0) is 10.0 Å². The minimum absolute atomic E-state index is 0.00934. The molecule has 5 heterocycles. The number of ether oxygens (including phenoxy) is 3. The van der Waals surface area contributed by atoms with E-state index in [1.54, 1.807) is 24.4 Å². The van der Waals surface area contributed by atoms with Crippen LogP contribution >= 0.6 is 11.8 Å². The highest BCUT2D eigenvalue weighted by atomic mass is 32.2. The summed E-state index contributed by atoms with van der Waals surface area (Å²) in [5.74, 6) is -1.46. The summed E-state index contributed by atoms with van der Waals surface area (Å²) in [6, 6.07) is 19.6. The van der Waals surface area contributed by atoms with Gasteiger partial charge in [0.15, 0.2) is 5.75 Å². The minimum atomic E-state index is -4.78. The maximum absolute atomic E-state index is 14.2. The molecule has 0 radical (unpaired) electrons. The summed E-state index contributed by atoms with van der Waals surface area (Å²) in [5, 5.41) is 22.8. The number of carbonyl (C=O) groups is 1. The molecule has 0 unspecified atom stereocenters. The van der Waals surface area contributed by atoms with Gasteiger partial charge in [0.05, 0.1) is 21.5 Å². The third-order valence-corrected chi connectivity index (χ3v) is 17.8. The monoisotopic (exact) mass is 986 g/mol. The van der Waals surface area contributed by atoms with Crippen molar-refractivity contribution in [1.29, 1.82) is 0 Å². The number of amides is 1. The number of nitrogens with one attached hydrogen (secondary N) is 2. The molecule has 19 heteroatoms. The molecular formula is C50H56F2N6O9S2. The van der Waals surface area contributed by atoms with Gasteiger partial charge in [-0.3, -0.25) is 19.8 Å². The number of hydrogen-bond acceptors (Lipinski definition) is 13. The van der Waals surface area contributed by atoms with Gasteiger partial charge in [0.25, 0.3) is 27.5 Å². The van der Waals surface area contributed by atoms with Gasteiger partial charge in [0.1, 0.15) is 28.6 Å². The number of fused-ring (bicyclic) bond motifs is 2. The number of piperidine rings is 1. The molecule has 3 aliphatic heterocycles. The lowest BCUT2D eigenvalue weighted by atomic mass is 9.59. The van der Waals surface area contributed by atoms with E-state index in [9.17, 15) is 37.2 Å². The number of thioether (sulfide) groups is 1. The van der Waals surface area contributed by atoms with Crippen LogP contribution in [0.15, 0.2) is 82.7 Å². The van der Waals surface area contributed by atoms with Crippen molar-refractivity contribution in [3.63, 3.8) is 0 Å². The zero-order valence-corrected chi connectivity index (χ0v) is 40.1. The molecule has 69 heavy (non-hydrogen) atoms. The summed E-state index contributed by atoms with van der Waals surface area (Å²) < 4.78 is 74.6. The first-order valence-electron chi connectivity index (χ1n) is 23.8. The van der Waals surface area contributed by atoms with Crippen LogP contribution in [0.1, 0.15) is 112 Å². The van der Waals surface area contributed by atoms with Crippen molar-refractivity contribution in [2.24, 2.45) is 11.3 Å². The van der Waals surface area contributed by atoms with Gasteiger partial charge in [-0.25, -0.2) is 13.1 Å². The second-order valence-electron chi connectivity index (χ2n) is 19.6. The third-order valence-electron chi connectivity index (χ3n) is 15.0. The van der Waals surface area contributed by atoms with Crippen LogP contribution < -0.4 is 23.8 Å². The Kier molecular flexibility index (Phi) is 13.0. The van der Waals surface area contributed by atoms with Crippen molar-refractivity contribution in [1.82, 2.24) is 19.6 Å². The summed E-state index contributed by atoms with van der Waals surface area (Å²) in [7, 11) is -4.78. The second-order valence-corrected chi connectivity index (χ2v) is 22.5. The Morgan fingerprint density at radius 3 is 2.52 bits per heavy atom. The molecule has 1 spiro atoms. The molecule has 5 aliphatic rings. The molecule has 2 aromatic heterocycles. The normalized spacial score (nSPS) is 22.9. The van der Waals surface area contributed by atoms with E-state index >= 15 is 0 Å². The number of aliphatic hydroxyl groups is 1. The quantitative estimate of drug-likeness (QED) is 0.0747. The number of halogens is 2. The molecule has 3 N–H and O–H groups in total. The standard InChI is InChI=1S/C50H56F2N6O9S2/c1-29(2)36-6-3-4-7-37(36)39-8-5-19-57(39)33-26-50(27-33)16-20-56(21-17-50)32-11-14-38(41(23-32)66-43-22-31-15-18-53-46(31)54-48(43)67-49(51)52)47(60)55-69(63,64)35-24-40(58(61)62)45-42(25-35)65-28-44(68-45)30-9-12-34(59)13-10-30/h3-4,6-7,11,14-15,18,22-25,29-30,33-34,39,44,49,59H,5,8-10,12-13,16-17,19-21,26-28H2,1-2H3,(H,53,54)(H,55,60)/t30-,34-,39-,44+/m0/s1. The number of rotatable bonds is 13. The lowest BCUT2D eigenvalue weighted by molar-refractivity contribution is -0.388.